The van der Waals surface area contributed by atoms with E-state index >= 15 is 0 Å². The zero-order valence-electron chi connectivity index (χ0n) is 19.2. The molecule has 2 aromatic carbocycles. The molecular formula is C26H32F3NO2. The quantitative estimate of drug-likeness (QED) is 0.617. The number of rotatable bonds is 5. The highest BCUT2D eigenvalue weighted by Crippen LogP contribution is 2.59. The third-order valence-corrected chi connectivity index (χ3v) is 8.01. The van der Waals surface area contributed by atoms with Crippen molar-refractivity contribution in [2.45, 2.75) is 70.9 Å². The van der Waals surface area contributed by atoms with E-state index < -0.39 is 22.6 Å². The molecule has 2 aliphatic rings. The van der Waals surface area contributed by atoms with Crippen molar-refractivity contribution in [2.24, 2.45) is 5.41 Å². The number of hydrogen-bond donors (Lipinski definition) is 1. The van der Waals surface area contributed by atoms with Gasteiger partial charge in [0.2, 0.25) is 0 Å². The molecule has 174 valence electrons. The summed E-state index contributed by atoms with van der Waals surface area (Å²) in [5, 5.41) is 10.6. The maximum absolute atomic E-state index is 13.9. The summed E-state index contributed by atoms with van der Waals surface area (Å²) in [6.07, 6.45) is -3.46. The molecule has 0 amide bonds. The molecule has 1 aliphatic heterocycles. The predicted octanol–water partition coefficient (Wildman–Crippen LogP) is 5.93. The Labute approximate surface area is 188 Å². The number of fused-ring (bicyclic) bond motifs is 4. The zero-order valence-corrected chi connectivity index (χ0v) is 19.2. The molecule has 1 saturated heterocycles. The number of ether oxygens (including phenoxy) is 1. The van der Waals surface area contributed by atoms with Crippen LogP contribution in [0.1, 0.15) is 56.4 Å². The first-order valence-corrected chi connectivity index (χ1v) is 11.3. The minimum absolute atomic E-state index is 0.0194. The first-order chi connectivity index (χ1) is 14.9. The van der Waals surface area contributed by atoms with Crippen LogP contribution < -0.4 is 0 Å². The highest BCUT2D eigenvalue weighted by Gasteiger charge is 2.58. The zero-order chi connectivity index (χ0) is 23.3. The van der Waals surface area contributed by atoms with Gasteiger partial charge in [-0.25, -0.2) is 0 Å². The van der Waals surface area contributed by atoms with Gasteiger partial charge in [0, 0.05) is 18.0 Å². The highest BCUT2D eigenvalue weighted by molar-refractivity contribution is 5.54. The maximum Gasteiger partial charge on any atom is 0.416 e. The van der Waals surface area contributed by atoms with Crippen LogP contribution in [0.25, 0.3) is 0 Å². The fourth-order valence-electron chi connectivity index (χ4n) is 5.82. The Balaban J connectivity index is 1.61. The number of aromatic hydroxyl groups is 1. The van der Waals surface area contributed by atoms with E-state index in [0.29, 0.717) is 43.7 Å². The Morgan fingerprint density at radius 3 is 2.47 bits per heavy atom. The number of nitrogens with zero attached hydrogens (tertiary/aromatic N) is 1. The molecule has 4 rings (SSSR count). The minimum Gasteiger partial charge on any atom is -0.508 e. The summed E-state index contributed by atoms with van der Waals surface area (Å²) in [6.45, 7) is 10.1. The van der Waals surface area contributed by atoms with Gasteiger partial charge < -0.3 is 9.84 Å². The van der Waals surface area contributed by atoms with E-state index in [1.165, 1.54) is 6.07 Å². The van der Waals surface area contributed by atoms with Gasteiger partial charge in [0.15, 0.2) is 0 Å². The second-order valence-electron chi connectivity index (χ2n) is 10.1. The number of piperidine rings is 1. The van der Waals surface area contributed by atoms with Crippen molar-refractivity contribution in [3.8, 4) is 5.75 Å². The first-order valence-electron chi connectivity index (χ1n) is 11.3. The molecule has 1 heterocycles. The number of benzene rings is 2. The molecule has 3 atom stereocenters. The Bertz CT molecular complexity index is 973. The lowest BCUT2D eigenvalue weighted by Crippen LogP contribution is -2.65. The van der Waals surface area contributed by atoms with Crippen molar-refractivity contribution in [1.29, 1.82) is 0 Å². The van der Waals surface area contributed by atoms with Crippen molar-refractivity contribution in [3.63, 3.8) is 0 Å². The average Bonchev–Trinajstić information content (AvgIpc) is 2.71. The second kappa shape index (κ2) is 8.07. The van der Waals surface area contributed by atoms with E-state index in [-0.39, 0.29) is 17.9 Å². The lowest BCUT2D eigenvalue weighted by molar-refractivity contribution is -0.141. The molecule has 1 N–H and O–H groups in total. The molecule has 3 unspecified atom stereocenters. The van der Waals surface area contributed by atoms with Crippen LogP contribution in [-0.4, -0.2) is 35.2 Å². The summed E-state index contributed by atoms with van der Waals surface area (Å²) in [6, 6.07) is 12.3. The Morgan fingerprint density at radius 2 is 1.81 bits per heavy atom. The van der Waals surface area contributed by atoms with Crippen LogP contribution in [0.4, 0.5) is 13.2 Å². The van der Waals surface area contributed by atoms with Gasteiger partial charge >= 0.3 is 6.18 Å². The van der Waals surface area contributed by atoms with Crippen molar-refractivity contribution in [1.82, 2.24) is 4.90 Å². The summed E-state index contributed by atoms with van der Waals surface area (Å²) in [5.41, 5.74) is 0.174. The van der Waals surface area contributed by atoms with Crippen LogP contribution in [0.5, 0.6) is 5.75 Å². The third-order valence-electron chi connectivity index (χ3n) is 8.01. The predicted molar refractivity (Wildman–Crippen MR) is 119 cm³/mol. The van der Waals surface area contributed by atoms with Gasteiger partial charge in [-0.15, -0.1) is 0 Å². The van der Waals surface area contributed by atoms with E-state index in [0.717, 1.165) is 11.6 Å². The molecular weight excluding hydrogens is 415 g/mol. The largest absolute Gasteiger partial charge is 0.508 e. The van der Waals surface area contributed by atoms with E-state index in [1.807, 2.05) is 44.2 Å². The number of phenolic OH excluding ortho intramolecular Hbond substituents is 1. The van der Waals surface area contributed by atoms with Crippen molar-refractivity contribution >= 4 is 0 Å². The van der Waals surface area contributed by atoms with Gasteiger partial charge in [-0.2, -0.15) is 13.2 Å². The first kappa shape index (κ1) is 23.1. The fraction of sp³-hybridized carbons (Fsp3) is 0.538. The van der Waals surface area contributed by atoms with E-state index in [4.69, 9.17) is 4.74 Å². The van der Waals surface area contributed by atoms with E-state index in [9.17, 15) is 18.3 Å². The van der Waals surface area contributed by atoms with Gasteiger partial charge in [0.05, 0.1) is 18.3 Å². The molecule has 0 radical (unpaired) electrons. The Hall–Kier alpha value is -2.05. The SMILES string of the molecule is CC(CN1CCC2(C)c3c(C(F)(F)F)ccc(O)c3CC1C2(C)C)OCc1ccccc1. The summed E-state index contributed by atoms with van der Waals surface area (Å²) in [5.74, 6) is -0.0325. The average molecular weight is 448 g/mol. The molecule has 1 aliphatic carbocycles. The molecule has 1 fully saturated rings. The molecule has 0 aromatic heterocycles. The Kier molecular flexibility index (Phi) is 5.83. The number of halogens is 3. The standard InChI is InChI=1S/C26H32F3NO2/c1-17(32-16-18-8-6-5-7-9-18)15-30-13-12-25(4)23-19(14-22(30)24(25,2)3)21(31)11-10-20(23)26(27,28)29/h5-11,17,22,31H,12-16H2,1-4H3. The molecule has 6 heteroatoms. The van der Waals surface area contributed by atoms with Gasteiger partial charge in [-0.1, -0.05) is 51.1 Å². The topological polar surface area (TPSA) is 32.7 Å². The summed E-state index contributed by atoms with van der Waals surface area (Å²) in [4.78, 5) is 2.35. The van der Waals surface area contributed by atoms with Crippen molar-refractivity contribution in [2.75, 3.05) is 13.1 Å². The maximum atomic E-state index is 13.9. The molecule has 3 nitrogen and oxygen atoms in total. The molecule has 32 heavy (non-hydrogen) atoms. The third kappa shape index (κ3) is 3.81. The van der Waals surface area contributed by atoms with Crippen molar-refractivity contribution in [3.05, 3.63) is 64.7 Å². The van der Waals surface area contributed by atoms with Crippen LogP contribution in [0, 0.1) is 5.41 Å². The van der Waals surface area contributed by atoms with Crippen LogP contribution in [0.15, 0.2) is 42.5 Å². The summed E-state index contributed by atoms with van der Waals surface area (Å²) >= 11 is 0. The van der Waals surface area contributed by atoms with E-state index in [1.54, 1.807) is 0 Å². The molecule has 0 saturated carbocycles. The van der Waals surface area contributed by atoms with E-state index in [2.05, 4.69) is 18.7 Å². The summed E-state index contributed by atoms with van der Waals surface area (Å²) < 4.78 is 47.8. The van der Waals surface area contributed by atoms with Gasteiger partial charge in [0.1, 0.15) is 5.75 Å². The second-order valence-corrected chi connectivity index (χ2v) is 10.1. The van der Waals surface area contributed by atoms with Crippen LogP contribution in [0.2, 0.25) is 0 Å². The van der Waals surface area contributed by atoms with Crippen LogP contribution in [-0.2, 0) is 29.4 Å². The van der Waals surface area contributed by atoms with Gasteiger partial charge in [-0.3, -0.25) is 4.90 Å². The summed E-state index contributed by atoms with van der Waals surface area (Å²) in [7, 11) is 0. The fourth-order valence-corrected chi connectivity index (χ4v) is 5.82. The van der Waals surface area contributed by atoms with Gasteiger partial charge in [-0.05, 0) is 60.5 Å². The minimum atomic E-state index is -4.44. The number of hydrogen-bond acceptors (Lipinski definition) is 3. The number of likely N-dealkylation sites (tertiary alicyclic amines) is 1. The lowest BCUT2D eigenvalue weighted by atomic mass is 9.50. The number of alkyl halides is 3. The smallest absolute Gasteiger partial charge is 0.416 e. The lowest BCUT2D eigenvalue weighted by Gasteiger charge is -2.61. The monoisotopic (exact) mass is 447 g/mol. The van der Waals surface area contributed by atoms with Gasteiger partial charge in [0.25, 0.3) is 0 Å². The normalized spacial score (nSPS) is 25.9. The van der Waals surface area contributed by atoms with Crippen molar-refractivity contribution < 1.29 is 23.0 Å². The molecule has 2 aromatic rings. The molecule has 2 bridgehead atoms. The van der Waals surface area contributed by atoms with Crippen LogP contribution in [0.3, 0.4) is 0 Å². The number of phenols is 1. The highest BCUT2D eigenvalue weighted by atomic mass is 19.4. The Morgan fingerprint density at radius 1 is 1.12 bits per heavy atom. The van der Waals surface area contributed by atoms with Crippen LogP contribution >= 0.6 is 0 Å². The molecule has 0 spiro atoms.